The van der Waals surface area contributed by atoms with Crippen LogP contribution >= 0.6 is 0 Å². The molecule has 1 aromatic heterocycles. The Hall–Kier alpha value is -3.15. The number of pyridine rings is 1. The summed E-state index contributed by atoms with van der Waals surface area (Å²) in [7, 11) is 0. The lowest BCUT2D eigenvalue weighted by atomic mass is 10.1. The maximum Gasteiger partial charge on any atom is 0.305 e. The van der Waals surface area contributed by atoms with Crippen LogP contribution in [-0.2, 0) is 6.54 Å². The number of nitrogens with two attached hydrogens (primary N) is 1. The third-order valence-electron chi connectivity index (χ3n) is 3.39. The summed E-state index contributed by atoms with van der Waals surface area (Å²) in [6, 6.07) is 16.6. The van der Waals surface area contributed by atoms with Gasteiger partial charge in [0.05, 0.1) is 15.8 Å². The number of aromatic nitrogens is 1. The summed E-state index contributed by atoms with van der Waals surface area (Å²) >= 11 is 0. The Balaban J connectivity index is 2.02. The average molecular weight is 294 g/mol. The Kier molecular flexibility index (Phi) is 3.57. The number of nitrogen functional groups attached to an aromatic ring is 1. The molecule has 0 aliphatic carbocycles. The first-order valence-electron chi connectivity index (χ1n) is 6.77. The molecule has 6 nitrogen and oxygen atoms in total. The Morgan fingerprint density at radius 3 is 2.50 bits per heavy atom. The summed E-state index contributed by atoms with van der Waals surface area (Å²) < 4.78 is 0. The van der Waals surface area contributed by atoms with Crippen LogP contribution in [-0.4, -0.2) is 9.91 Å². The van der Waals surface area contributed by atoms with Crippen molar-refractivity contribution in [2.75, 3.05) is 11.1 Å². The molecule has 110 valence electrons. The molecule has 0 saturated heterocycles. The topological polar surface area (TPSA) is 94.1 Å². The molecular weight excluding hydrogens is 280 g/mol. The Morgan fingerprint density at radius 2 is 1.77 bits per heavy atom. The average Bonchev–Trinajstić information content (AvgIpc) is 2.53. The van der Waals surface area contributed by atoms with Crippen LogP contribution in [0.25, 0.3) is 10.9 Å². The fourth-order valence-corrected chi connectivity index (χ4v) is 2.32. The molecule has 0 fully saturated rings. The van der Waals surface area contributed by atoms with Crippen LogP contribution in [0.5, 0.6) is 0 Å². The summed E-state index contributed by atoms with van der Waals surface area (Å²) in [6.07, 6.45) is 0. The number of hydrogen-bond donors (Lipinski definition) is 2. The highest BCUT2D eigenvalue weighted by atomic mass is 16.6. The number of nitrogens with one attached hydrogen (secondary N) is 1. The minimum atomic E-state index is -0.465. The molecule has 0 radical (unpaired) electrons. The van der Waals surface area contributed by atoms with E-state index in [-0.39, 0.29) is 11.4 Å². The van der Waals surface area contributed by atoms with Crippen molar-refractivity contribution < 1.29 is 4.92 Å². The van der Waals surface area contributed by atoms with Gasteiger partial charge < -0.3 is 11.1 Å². The van der Waals surface area contributed by atoms with Crippen LogP contribution in [0.2, 0.25) is 0 Å². The van der Waals surface area contributed by atoms with Gasteiger partial charge in [-0.15, -0.1) is 0 Å². The first kappa shape index (κ1) is 13.8. The van der Waals surface area contributed by atoms with Crippen LogP contribution in [0, 0.1) is 10.1 Å². The fourth-order valence-electron chi connectivity index (χ4n) is 2.32. The summed E-state index contributed by atoms with van der Waals surface area (Å²) in [5, 5.41) is 14.8. The van der Waals surface area contributed by atoms with E-state index < -0.39 is 4.92 Å². The van der Waals surface area contributed by atoms with E-state index in [0.29, 0.717) is 23.3 Å². The molecule has 0 aliphatic rings. The third kappa shape index (κ3) is 2.54. The molecule has 0 unspecified atom stereocenters. The second-order valence-electron chi connectivity index (χ2n) is 4.84. The lowest BCUT2D eigenvalue weighted by molar-refractivity contribution is -0.382. The van der Waals surface area contributed by atoms with Gasteiger partial charge in [0.2, 0.25) is 0 Å². The van der Waals surface area contributed by atoms with Gasteiger partial charge in [-0.25, -0.2) is 4.98 Å². The zero-order chi connectivity index (χ0) is 15.5. The monoisotopic (exact) mass is 294 g/mol. The molecular formula is C16H14N4O2. The van der Waals surface area contributed by atoms with Crippen molar-refractivity contribution in [3.05, 3.63) is 70.3 Å². The number of hydrogen-bond acceptors (Lipinski definition) is 5. The van der Waals surface area contributed by atoms with Crippen molar-refractivity contribution in [1.82, 2.24) is 4.98 Å². The van der Waals surface area contributed by atoms with Gasteiger partial charge in [-0.2, -0.15) is 0 Å². The van der Waals surface area contributed by atoms with Gasteiger partial charge >= 0.3 is 5.69 Å². The summed E-state index contributed by atoms with van der Waals surface area (Å²) in [5.74, 6) is 0.328. The molecule has 3 rings (SSSR count). The quantitative estimate of drug-likeness (QED) is 0.568. The van der Waals surface area contributed by atoms with E-state index in [9.17, 15) is 10.1 Å². The van der Waals surface area contributed by atoms with Crippen molar-refractivity contribution in [2.45, 2.75) is 6.54 Å². The Morgan fingerprint density at radius 1 is 1.09 bits per heavy atom. The minimum Gasteiger partial charge on any atom is -0.390 e. The normalized spacial score (nSPS) is 10.5. The highest BCUT2D eigenvalue weighted by Gasteiger charge is 2.21. The second kappa shape index (κ2) is 5.69. The van der Waals surface area contributed by atoms with E-state index >= 15 is 0 Å². The van der Waals surface area contributed by atoms with E-state index in [1.54, 1.807) is 24.3 Å². The molecule has 0 aliphatic heterocycles. The molecule has 0 spiro atoms. The van der Waals surface area contributed by atoms with Crippen LogP contribution in [0.15, 0.2) is 54.6 Å². The van der Waals surface area contributed by atoms with Crippen molar-refractivity contribution in [3.8, 4) is 0 Å². The number of rotatable bonds is 4. The van der Waals surface area contributed by atoms with Crippen molar-refractivity contribution in [1.29, 1.82) is 0 Å². The summed E-state index contributed by atoms with van der Waals surface area (Å²) in [4.78, 5) is 15.3. The number of para-hydroxylation sites is 1. The molecule has 1 heterocycles. The van der Waals surface area contributed by atoms with E-state index in [1.807, 2.05) is 30.3 Å². The third-order valence-corrected chi connectivity index (χ3v) is 3.39. The van der Waals surface area contributed by atoms with Crippen molar-refractivity contribution >= 4 is 28.1 Å². The predicted octanol–water partition coefficient (Wildman–Crippen LogP) is 3.34. The first-order chi connectivity index (χ1) is 10.7. The molecule has 2 aromatic carbocycles. The number of anilines is 2. The minimum absolute atomic E-state index is 0.0552. The maximum atomic E-state index is 11.3. The lowest BCUT2D eigenvalue weighted by Crippen LogP contribution is -2.07. The molecule has 0 atom stereocenters. The molecule has 0 saturated carbocycles. The van der Waals surface area contributed by atoms with Gasteiger partial charge in [-0.3, -0.25) is 10.1 Å². The molecule has 22 heavy (non-hydrogen) atoms. The van der Waals surface area contributed by atoms with Crippen LogP contribution in [0.4, 0.5) is 17.2 Å². The second-order valence-corrected chi connectivity index (χ2v) is 4.84. The molecule has 0 bridgehead atoms. The number of nitro groups is 1. The first-order valence-corrected chi connectivity index (χ1v) is 6.77. The van der Waals surface area contributed by atoms with Gasteiger partial charge in [0.25, 0.3) is 0 Å². The van der Waals surface area contributed by atoms with Crippen LogP contribution < -0.4 is 11.1 Å². The highest BCUT2D eigenvalue weighted by Crippen LogP contribution is 2.35. The number of fused-ring (bicyclic) bond motifs is 1. The Labute approximate surface area is 126 Å². The van der Waals surface area contributed by atoms with Crippen LogP contribution in [0.3, 0.4) is 0 Å². The van der Waals surface area contributed by atoms with Gasteiger partial charge in [-0.1, -0.05) is 42.5 Å². The lowest BCUT2D eigenvalue weighted by Gasteiger charge is -2.10. The molecule has 0 amide bonds. The highest BCUT2D eigenvalue weighted by molar-refractivity contribution is 5.97. The molecule has 3 aromatic rings. The van der Waals surface area contributed by atoms with Crippen molar-refractivity contribution in [3.63, 3.8) is 0 Å². The van der Waals surface area contributed by atoms with E-state index in [4.69, 9.17) is 5.73 Å². The van der Waals surface area contributed by atoms with Gasteiger partial charge in [0.15, 0.2) is 11.5 Å². The molecule has 6 heteroatoms. The van der Waals surface area contributed by atoms with Gasteiger partial charge in [-0.05, 0) is 17.7 Å². The zero-order valence-electron chi connectivity index (χ0n) is 11.7. The SMILES string of the molecule is Nc1c(NCc2ccccc2)nc2ccccc2c1[N+](=O)[O-]. The number of benzene rings is 2. The van der Waals surface area contributed by atoms with E-state index in [2.05, 4.69) is 10.3 Å². The largest absolute Gasteiger partial charge is 0.390 e. The van der Waals surface area contributed by atoms with Gasteiger partial charge in [0, 0.05) is 6.54 Å². The summed E-state index contributed by atoms with van der Waals surface area (Å²) in [5.41, 5.74) is 7.47. The molecule has 3 N–H and O–H groups in total. The van der Waals surface area contributed by atoms with Crippen LogP contribution in [0.1, 0.15) is 5.56 Å². The van der Waals surface area contributed by atoms with Gasteiger partial charge in [0.1, 0.15) is 0 Å². The maximum absolute atomic E-state index is 11.3. The van der Waals surface area contributed by atoms with E-state index in [1.165, 1.54) is 0 Å². The Bertz CT molecular complexity index is 834. The van der Waals surface area contributed by atoms with Crippen molar-refractivity contribution in [2.24, 2.45) is 0 Å². The predicted molar refractivity (Wildman–Crippen MR) is 86.6 cm³/mol. The van der Waals surface area contributed by atoms with E-state index in [0.717, 1.165) is 5.56 Å². The zero-order valence-corrected chi connectivity index (χ0v) is 11.7. The smallest absolute Gasteiger partial charge is 0.305 e. The number of nitrogens with zero attached hydrogens (tertiary/aromatic N) is 2. The summed E-state index contributed by atoms with van der Waals surface area (Å²) in [6.45, 7) is 0.494. The standard InChI is InChI=1S/C16H14N4O2/c17-14-15(20(21)22)12-8-4-5-9-13(12)19-16(14)18-10-11-6-2-1-3-7-11/h1-9H,10,17H2,(H,18,19). The fraction of sp³-hybridized carbons (Fsp3) is 0.0625.